The van der Waals surface area contributed by atoms with Crippen LogP contribution in [0.3, 0.4) is 0 Å². The Hall–Kier alpha value is -2.82. The van der Waals surface area contributed by atoms with Crippen molar-refractivity contribution < 1.29 is 9.90 Å². The number of carboxylic acid groups (broad SMARTS) is 1. The number of hydrogen-bond donors (Lipinski definition) is 1. The molecule has 1 N–H and O–H groups in total. The average Bonchev–Trinajstić information content (AvgIpc) is 2.85. The van der Waals surface area contributed by atoms with Gasteiger partial charge in [0.05, 0.1) is 22.5 Å². The standard InChI is InChI=1S/C15H11N3O2/c19-15(20)10-5-6-13-14-11-3-1-2-4-12(11)16-18(14)8-7-17(13)9-10/h1-4,6-9H,5H2,(H,19,20). The van der Waals surface area contributed by atoms with E-state index in [1.54, 1.807) is 6.20 Å². The number of benzene rings is 1. The number of allylic oxidation sites excluding steroid dienone is 1. The summed E-state index contributed by atoms with van der Waals surface area (Å²) >= 11 is 0. The van der Waals surface area contributed by atoms with Crippen molar-refractivity contribution in [2.24, 2.45) is 0 Å². The van der Waals surface area contributed by atoms with E-state index in [4.69, 9.17) is 5.11 Å². The Kier molecular flexibility index (Phi) is 2.12. The molecule has 3 heterocycles. The largest absolute Gasteiger partial charge is 0.478 e. The summed E-state index contributed by atoms with van der Waals surface area (Å²) in [7, 11) is 0. The fourth-order valence-corrected chi connectivity index (χ4v) is 2.64. The van der Waals surface area contributed by atoms with Crippen LogP contribution in [-0.4, -0.2) is 25.8 Å². The zero-order valence-corrected chi connectivity index (χ0v) is 10.5. The number of carboxylic acids is 1. The van der Waals surface area contributed by atoms with Gasteiger partial charge in [0.15, 0.2) is 0 Å². The molecular weight excluding hydrogens is 254 g/mol. The number of fused-ring (bicyclic) bond motifs is 5. The van der Waals surface area contributed by atoms with Gasteiger partial charge in [-0.2, -0.15) is 5.10 Å². The van der Waals surface area contributed by atoms with Gasteiger partial charge in [-0.05, 0) is 6.07 Å². The summed E-state index contributed by atoms with van der Waals surface area (Å²) in [6, 6.07) is 7.94. The van der Waals surface area contributed by atoms with Gasteiger partial charge in [-0.1, -0.05) is 24.3 Å². The Morgan fingerprint density at radius 2 is 2.10 bits per heavy atom. The molecule has 2 aromatic rings. The minimum Gasteiger partial charge on any atom is -0.478 e. The second-order valence-electron chi connectivity index (χ2n) is 4.77. The third-order valence-corrected chi connectivity index (χ3v) is 3.58. The molecule has 0 spiro atoms. The summed E-state index contributed by atoms with van der Waals surface area (Å²) in [4.78, 5) is 12.9. The van der Waals surface area contributed by atoms with Gasteiger partial charge in [0.2, 0.25) is 0 Å². The van der Waals surface area contributed by atoms with Crippen molar-refractivity contribution in [2.75, 3.05) is 0 Å². The van der Waals surface area contributed by atoms with Gasteiger partial charge in [0.25, 0.3) is 0 Å². The molecule has 4 rings (SSSR count). The van der Waals surface area contributed by atoms with Crippen LogP contribution in [0, 0.1) is 0 Å². The molecule has 0 saturated carbocycles. The van der Waals surface area contributed by atoms with Crippen LogP contribution in [0.5, 0.6) is 0 Å². The third-order valence-electron chi connectivity index (χ3n) is 3.58. The highest BCUT2D eigenvalue weighted by Gasteiger charge is 2.24. The van der Waals surface area contributed by atoms with E-state index in [0.29, 0.717) is 12.0 Å². The number of aromatic nitrogens is 2. The molecule has 2 aliphatic heterocycles. The Labute approximate surface area is 114 Å². The summed E-state index contributed by atoms with van der Waals surface area (Å²) in [6.07, 6.45) is 7.70. The molecule has 0 radical (unpaired) electrons. The Morgan fingerprint density at radius 3 is 2.95 bits per heavy atom. The molecule has 0 amide bonds. The predicted molar refractivity (Wildman–Crippen MR) is 75.2 cm³/mol. The number of rotatable bonds is 1. The summed E-state index contributed by atoms with van der Waals surface area (Å²) in [5.41, 5.74) is 3.30. The van der Waals surface area contributed by atoms with Crippen molar-refractivity contribution in [2.45, 2.75) is 6.42 Å². The molecule has 0 unspecified atom stereocenters. The SMILES string of the molecule is O=C(O)C1=CN2C=Cn3nc4ccccc4c3C2=CC1. The smallest absolute Gasteiger partial charge is 0.333 e. The van der Waals surface area contributed by atoms with Gasteiger partial charge in [-0.25, -0.2) is 9.48 Å². The van der Waals surface area contributed by atoms with Crippen LogP contribution in [0.25, 0.3) is 22.8 Å². The average molecular weight is 265 g/mol. The van der Waals surface area contributed by atoms with E-state index in [9.17, 15) is 4.79 Å². The lowest BCUT2D eigenvalue weighted by molar-refractivity contribution is -0.132. The second kappa shape index (κ2) is 3.84. The van der Waals surface area contributed by atoms with Gasteiger partial charge in [0, 0.05) is 30.4 Å². The van der Waals surface area contributed by atoms with E-state index >= 15 is 0 Å². The highest BCUT2D eigenvalue weighted by molar-refractivity contribution is 5.94. The van der Waals surface area contributed by atoms with Crippen molar-refractivity contribution in [3.8, 4) is 0 Å². The van der Waals surface area contributed by atoms with Crippen LogP contribution in [0.1, 0.15) is 12.1 Å². The Bertz CT molecular complexity index is 827. The maximum atomic E-state index is 11.1. The van der Waals surface area contributed by atoms with Crippen molar-refractivity contribution >= 4 is 28.8 Å². The van der Waals surface area contributed by atoms with Gasteiger partial charge in [-0.3, -0.25) is 0 Å². The van der Waals surface area contributed by atoms with E-state index in [-0.39, 0.29) is 0 Å². The van der Waals surface area contributed by atoms with Crippen LogP contribution in [0.15, 0.2) is 48.3 Å². The zero-order valence-electron chi connectivity index (χ0n) is 10.5. The third kappa shape index (κ3) is 1.43. The first-order valence-electron chi connectivity index (χ1n) is 6.32. The lowest BCUT2D eigenvalue weighted by atomic mass is 10.0. The van der Waals surface area contributed by atoms with Gasteiger partial charge in [0.1, 0.15) is 0 Å². The zero-order chi connectivity index (χ0) is 13.7. The molecule has 2 aliphatic rings. The molecule has 1 aromatic heterocycles. The quantitative estimate of drug-likeness (QED) is 0.860. The first kappa shape index (κ1) is 11.0. The van der Waals surface area contributed by atoms with Crippen molar-refractivity contribution in [1.82, 2.24) is 14.7 Å². The minimum absolute atomic E-state index is 0.385. The Morgan fingerprint density at radius 1 is 1.25 bits per heavy atom. The van der Waals surface area contributed by atoms with Crippen molar-refractivity contribution in [3.05, 3.63) is 54.0 Å². The number of nitrogens with zero attached hydrogens (tertiary/aromatic N) is 3. The summed E-state index contributed by atoms with van der Waals surface area (Å²) in [5.74, 6) is -0.877. The molecule has 0 aliphatic carbocycles. The monoisotopic (exact) mass is 265 g/mol. The lowest BCUT2D eigenvalue weighted by Crippen LogP contribution is -2.21. The molecule has 0 fully saturated rings. The molecule has 0 bridgehead atoms. The molecular formula is C15H11N3O2. The van der Waals surface area contributed by atoms with Gasteiger partial charge in [-0.15, -0.1) is 0 Å². The van der Waals surface area contributed by atoms with Gasteiger partial charge >= 0.3 is 5.97 Å². The fourth-order valence-electron chi connectivity index (χ4n) is 2.64. The maximum Gasteiger partial charge on any atom is 0.333 e. The van der Waals surface area contributed by atoms with Crippen LogP contribution in [0.2, 0.25) is 0 Å². The van der Waals surface area contributed by atoms with Crippen LogP contribution in [0.4, 0.5) is 0 Å². The fraction of sp³-hybridized carbons (Fsp3) is 0.0667. The highest BCUT2D eigenvalue weighted by Crippen LogP contribution is 2.34. The summed E-state index contributed by atoms with van der Waals surface area (Å²) < 4.78 is 1.84. The maximum absolute atomic E-state index is 11.1. The van der Waals surface area contributed by atoms with E-state index < -0.39 is 5.97 Å². The van der Waals surface area contributed by atoms with Gasteiger partial charge < -0.3 is 10.0 Å². The summed E-state index contributed by atoms with van der Waals surface area (Å²) in [5, 5.41) is 14.7. The molecule has 1 aromatic carbocycles. The van der Waals surface area contributed by atoms with Crippen LogP contribution < -0.4 is 0 Å². The van der Waals surface area contributed by atoms with E-state index in [1.807, 2.05) is 52.3 Å². The first-order valence-corrected chi connectivity index (χ1v) is 6.32. The normalized spacial score (nSPS) is 16.5. The van der Waals surface area contributed by atoms with Crippen LogP contribution in [-0.2, 0) is 4.79 Å². The Balaban J connectivity index is 1.91. The summed E-state index contributed by atoms with van der Waals surface area (Å²) in [6.45, 7) is 0. The van der Waals surface area contributed by atoms with Crippen LogP contribution >= 0.6 is 0 Å². The number of hydrogen-bond acceptors (Lipinski definition) is 3. The van der Waals surface area contributed by atoms with E-state index in [1.165, 1.54) is 0 Å². The molecule has 0 saturated heterocycles. The molecule has 5 heteroatoms. The van der Waals surface area contributed by atoms with E-state index in [2.05, 4.69) is 5.10 Å². The highest BCUT2D eigenvalue weighted by atomic mass is 16.4. The molecule has 20 heavy (non-hydrogen) atoms. The number of aliphatic carboxylic acids is 1. The molecule has 0 atom stereocenters. The predicted octanol–water partition coefficient (Wildman–Crippen LogP) is 2.49. The number of carbonyl (C=O) groups is 1. The first-order chi connectivity index (χ1) is 9.74. The topological polar surface area (TPSA) is 58.4 Å². The molecule has 98 valence electrons. The minimum atomic E-state index is -0.877. The van der Waals surface area contributed by atoms with Crippen molar-refractivity contribution in [3.63, 3.8) is 0 Å². The second-order valence-corrected chi connectivity index (χ2v) is 4.77. The molecule has 5 nitrogen and oxygen atoms in total. The lowest BCUT2D eigenvalue weighted by Gasteiger charge is -2.27. The van der Waals surface area contributed by atoms with E-state index in [0.717, 1.165) is 22.3 Å². The van der Waals surface area contributed by atoms with Crippen molar-refractivity contribution in [1.29, 1.82) is 0 Å².